The maximum Gasteiger partial charge on any atom is 0.114 e. The topological polar surface area (TPSA) is 41.1 Å². The zero-order valence-corrected chi connectivity index (χ0v) is 13.8. The molecule has 1 N–H and O–H groups in total. The van der Waals surface area contributed by atoms with Gasteiger partial charge < -0.3 is 4.90 Å². The second kappa shape index (κ2) is 6.51. The van der Waals surface area contributed by atoms with Crippen LogP contribution in [0, 0.1) is 18.3 Å². The quantitative estimate of drug-likeness (QED) is 0.883. The van der Waals surface area contributed by atoms with Gasteiger partial charge in [0.15, 0.2) is 0 Å². The molecule has 3 nitrogen and oxygen atoms in total. The predicted octanol–water partition coefficient (Wildman–Crippen LogP) is 2.12. The summed E-state index contributed by atoms with van der Waals surface area (Å²) in [5.74, 6) is 0.854. The molecule has 1 aliphatic rings. The SMILES string of the molecule is Cc1cccc(CSc2nc3c(cc2C#N)C[NH+](C)CC3)c1. The minimum atomic E-state index is 0.714. The number of hydrogen-bond acceptors (Lipinski definition) is 3. The minimum absolute atomic E-state index is 0.714. The van der Waals surface area contributed by atoms with E-state index in [2.05, 4.69) is 44.3 Å². The molecule has 1 aromatic carbocycles. The first-order valence-corrected chi connectivity index (χ1v) is 8.57. The Balaban J connectivity index is 1.83. The van der Waals surface area contributed by atoms with Crippen LogP contribution in [0.3, 0.4) is 0 Å². The highest BCUT2D eigenvalue weighted by Crippen LogP contribution is 2.27. The molecule has 1 aliphatic heterocycles. The molecule has 112 valence electrons. The van der Waals surface area contributed by atoms with Gasteiger partial charge in [0.25, 0.3) is 0 Å². The van der Waals surface area contributed by atoms with Crippen LogP contribution in [0.5, 0.6) is 0 Å². The summed E-state index contributed by atoms with van der Waals surface area (Å²) in [7, 11) is 2.19. The monoisotopic (exact) mass is 310 g/mol. The number of likely N-dealkylation sites (N-methyl/N-ethyl adjacent to an activating group) is 1. The first-order chi connectivity index (χ1) is 10.7. The van der Waals surface area contributed by atoms with Gasteiger partial charge in [0.2, 0.25) is 0 Å². The fourth-order valence-corrected chi connectivity index (χ4v) is 3.75. The molecule has 0 aliphatic carbocycles. The molecule has 1 aromatic heterocycles. The van der Waals surface area contributed by atoms with E-state index in [0.717, 1.165) is 30.3 Å². The van der Waals surface area contributed by atoms with Gasteiger partial charge in [-0.25, -0.2) is 4.98 Å². The molecule has 0 saturated carbocycles. The Hall–Kier alpha value is -1.83. The molecule has 1 unspecified atom stereocenters. The van der Waals surface area contributed by atoms with Crippen LogP contribution < -0.4 is 4.90 Å². The van der Waals surface area contributed by atoms with E-state index in [1.807, 2.05) is 6.07 Å². The summed E-state index contributed by atoms with van der Waals surface area (Å²) in [5.41, 5.74) is 5.67. The van der Waals surface area contributed by atoms with Gasteiger partial charge in [-0.3, -0.25) is 0 Å². The third-order valence-electron chi connectivity index (χ3n) is 4.02. The van der Waals surface area contributed by atoms with Crippen molar-refractivity contribution < 1.29 is 4.90 Å². The van der Waals surface area contributed by atoms with E-state index in [-0.39, 0.29) is 0 Å². The summed E-state index contributed by atoms with van der Waals surface area (Å²) in [6, 6.07) is 12.9. The van der Waals surface area contributed by atoms with Crippen LogP contribution in [0.2, 0.25) is 0 Å². The highest BCUT2D eigenvalue weighted by molar-refractivity contribution is 7.98. The molecule has 3 rings (SSSR count). The Morgan fingerprint density at radius 2 is 2.23 bits per heavy atom. The number of rotatable bonds is 3. The highest BCUT2D eigenvalue weighted by atomic mass is 32.2. The van der Waals surface area contributed by atoms with Crippen molar-refractivity contribution in [2.24, 2.45) is 0 Å². The number of thioether (sulfide) groups is 1. The van der Waals surface area contributed by atoms with Crippen LogP contribution in [-0.4, -0.2) is 18.6 Å². The van der Waals surface area contributed by atoms with E-state index in [4.69, 9.17) is 4.98 Å². The number of aryl methyl sites for hydroxylation is 1. The van der Waals surface area contributed by atoms with Crippen LogP contribution in [0.1, 0.15) is 27.9 Å². The van der Waals surface area contributed by atoms with Crippen molar-refractivity contribution in [1.29, 1.82) is 5.26 Å². The van der Waals surface area contributed by atoms with Gasteiger partial charge in [0.05, 0.1) is 24.8 Å². The van der Waals surface area contributed by atoms with Gasteiger partial charge in [0.1, 0.15) is 17.6 Å². The van der Waals surface area contributed by atoms with Gasteiger partial charge in [-0.05, 0) is 18.6 Å². The molecule has 1 atom stereocenters. The fourth-order valence-electron chi connectivity index (χ4n) is 2.83. The fraction of sp³-hybridized carbons (Fsp3) is 0.333. The van der Waals surface area contributed by atoms with Gasteiger partial charge in [-0.1, -0.05) is 29.8 Å². The van der Waals surface area contributed by atoms with Crippen LogP contribution in [0.15, 0.2) is 35.4 Å². The van der Waals surface area contributed by atoms with Crippen LogP contribution in [0.4, 0.5) is 0 Å². The third kappa shape index (κ3) is 3.32. The van der Waals surface area contributed by atoms with Gasteiger partial charge in [-0.2, -0.15) is 5.26 Å². The van der Waals surface area contributed by atoms with Crippen LogP contribution in [-0.2, 0) is 18.7 Å². The number of hydrogen-bond donors (Lipinski definition) is 1. The second-order valence-electron chi connectivity index (χ2n) is 5.97. The summed E-state index contributed by atoms with van der Waals surface area (Å²) >= 11 is 1.67. The Bertz CT molecular complexity index is 734. The van der Waals surface area contributed by atoms with Gasteiger partial charge in [0, 0.05) is 17.7 Å². The summed E-state index contributed by atoms with van der Waals surface area (Å²) in [6.45, 7) is 4.19. The lowest BCUT2D eigenvalue weighted by Crippen LogP contribution is -3.08. The molecule has 0 bridgehead atoms. The molecule has 2 aromatic rings. The standard InChI is InChI=1S/C18H19N3S/c1-13-4-3-5-14(8-13)12-22-18-15(10-19)9-16-11-21(2)7-6-17(16)20-18/h3-5,8-9H,6-7,11-12H2,1-2H3/p+1. The average molecular weight is 310 g/mol. The normalized spacial score (nSPS) is 16.9. The second-order valence-corrected chi connectivity index (χ2v) is 6.93. The lowest BCUT2D eigenvalue weighted by molar-refractivity contribution is -0.895. The van der Waals surface area contributed by atoms with Crippen LogP contribution >= 0.6 is 11.8 Å². The maximum absolute atomic E-state index is 9.42. The van der Waals surface area contributed by atoms with E-state index < -0.39 is 0 Å². The first-order valence-electron chi connectivity index (χ1n) is 7.58. The Kier molecular flexibility index (Phi) is 4.47. The van der Waals surface area contributed by atoms with Crippen molar-refractivity contribution in [3.8, 4) is 6.07 Å². The zero-order valence-electron chi connectivity index (χ0n) is 13.0. The average Bonchev–Trinajstić information content (AvgIpc) is 2.52. The maximum atomic E-state index is 9.42. The largest absolute Gasteiger partial charge is 0.333 e. The molecule has 0 spiro atoms. The number of nitriles is 1. The number of benzene rings is 1. The Morgan fingerprint density at radius 3 is 3.00 bits per heavy atom. The van der Waals surface area contributed by atoms with Gasteiger partial charge in [-0.15, -0.1) is 11.8 Å². The number of pyridine rings is 1. The molecule has 0 saturated heterocycles. The first kappa shape index (κ1) is 15.1. The van der Waals surface area contributed by atoms with Crippen molar-refractivity contribution in [2.45, 2.75) is 30.7 Å². The van der Waals surface area contributed by atoms with E-state index in [9.17, 15) is 5.26 Å². The number of nitrogens with one attached hydrogen (secondary N) is 1. The highest BCUT2D eigenvalue weighted by Gasteiger charge is 2.20. The molecule has 22 heavy (non-hydrogen) atoms. The van der Waals surface area contributed by atoms with Crippen molar-refractivity contribution in [1.82, 2.24) is 4.98 Å². The smallest absolute Gasteiger partial charge is 0.114 e. The van der Waals surface area contributed by atoms with Crippen molar-refractivity contribution in [3.05, 3.63) is 58.3 Å². The number of fused-ring (bicyclic) bond motifs is 1. The predicted molar refractivity (Wildman–Crippen MR) is 88.9 cm³/mol. The molecule has 2 heterocycles. The third-order valence-corrected chi connectivity index (χ3v) is 5.08. The van der Waals surface area contributed by atoms with Crippen molar-refractivity contribution in [2.75, 3.05) is 13.6 Å². The Labute approximate surface area is 136 Å². The molecule has 0 radical (unpaired) electrons. The number of quaternary nitrogens is 1. The molecule has 4 heteroatoms. The van der Waals surface area contributed by atoms with E-state index in [1.165, 1.54) is 27.3 Å². The number of aromatic nitrogens is 1. The summed E-state index contributed by atoms with van der Waals surface area (Å²) in [6.07, 6.45) is 1.00. The summed E-state index contributed by atoms with van der Waals surface area (Å²) in [4.78, 5) is 6.27. The Morgan fingerprint density at radius 1 is 1.36 bits per heavy atom. The van der Waals surface area contributed by atoms with E-state index in [1.54, 1.807) is 11.8 Å². The van der Waals surface area contributed by atoms with Crippen LogP contribution in [0.25, 0.3) is 0 Å². The lowest BCUT2D eigenvalue weighted by atomic mass is 10.0. The van der Waals surface area contributed by atoms with E-state index in [0.29, 0.717) is 5.56 Å². The van der Waals surface area contributed by atoms with Crippen molar-refractivity contribution in [3.63, 3.8) is 0 Å². The lowest BCUT2D eigenvalue weighted by Gasteiger charge is -2.22. The summed E-state index contributed by atoms with van der Waals surface area (Å²) < 4.78 is 0. The summed E-state index contributed by atoms with van der Waals surface area (Å²) in [5, 5.41) is 10.3. The molecular formula is C18H20N3S+. The zero-order chi connectivity index (χ0) is 15.5. The van der Waals surface area contributed by atoms with E-state index >= 15 is 0 Å². The number of nitrogens with zero attached hydrogens (tertiary/aromatic N) is 2. The van der Waals surface area contributed by atoms with Crippen molar-refractivity contribution >= 4 is 11.8 Å². The molecular weight excluding hydrogens is 290 g/mol. The van der Waals surface area contributed by atoms with Gasteiger partial charge >= 0.3 is 0 Å². The molecule has 0 amide bonds. The minimum Gasteiger partial charge on any atom is -0.333 e. The molecule has 0 fully saturated rings.